The second-order valence-electron chi connectivity index (χ2n) is 20.1. The minimum absolute atomic E-state index is 0.0502. The van der Waals surface area contributed by atoms with Gasteiger partial charge in [0, 0.05) is 107 Å². The number of benzene rings is 2. The molecule has 0 radical (unpaired) electrons. The highest BCUT2D eigenvalue weighted by atomic mass is 35.5. The number of piperazine rings is 2. The van der Waals surface area contributed by atoms with Crippen LogP contribution < -0.4 is 26.2 Å². The molecule has 3 saturated heterocycles. The molecule has 404 valence electrons. The van der Waals surface area contributed by atoms with Gasteiger partial charge in [0.15, 0.2) is 5.69 Å². The van der Waals surface area contributed by atoms with Crippen molar-refractivity contribution >= 4 is 46.7 Å². The molecule has 1 aliphatic carbocycles. The Labute approximate surface area is 451 Å². The Bertz CT molecular complexity index is 2710. The SMILES string of the molecule is CCc1cccc(-c2cnc(C(=O)N3CCN(CC4CCN(CC(=O)NCCNC)CC4)CC3)c(NC(=O)CNCc3ccncn3)c2)c1.C[C@@H]1CC(O)c2ncnc(N3CCN(C(=O)Cc4ccc(Cl)cc4)CC3)c21. The normalized spacial score (nSPS) is 18.1. The predicted octanol–water partition coefficient (Wildman–Crippen LogP) is 4.20. The molecule has 5 aromatic rings. The number of anilines is 2. The van der Waals surface area contributed by atoms with E-state index in [-0.39, 0.29) is 41.8 Å². The number of amides is 4. The third-order valence-electron chi connectivity index (χ3n) is 14.7. The summed E-state index contributed by atoms with van der Waals surface area (Å²) < 4.78 is 0. The Morgan fingerprint density at radius 1 is 0.776 bits per heavy atom. The first-order valence-electron chi connectivity index (χ1n) is 26.7. The number of aromatic nitrogens is 5. The third kappa shape index (κ3) is 15.3. The van der Waals surface area contributed by atoms with E-state index in [1.165, 1.54) is 18.2 Å². The summed E-state index contributed by atoms with van der Waals surface area (Å²) in [4.78, 5) is 83.9. The first kappa shape index (κ1) is 55.7. The summed E-state index contributed by atoms with van der Waals surface area (Å²) >= 11 is 5.90. The Hall–Kier alpha value is -6.48. The van der Waals surface area contributed by atoms with Crippen molar-refractivity contribution in [1.82, 2.24) is 60.5 Å². The summed E-state index contributed by atoms with van der Waals surface area (Å²) in [5, 5.41) is 22.9. The maximum Gasteiger partial charge on any atom is 0.274 e. The molecule has 5 N–H and O–H groups in total. The van der Waals surface area contributed by atoms with Gasteiger partial charge in [-0.1, -0.05) is 61.8 Å². The molecule has 0 bridgehead atoms. The van der Waals surface area contributed by atoms with E-state index in [0.29, 0.717) is 75.3 Å². The lowest BCUT2D eigenvalue weighted by Crippen LogP contribution is -2.51. The van der Waals surface area contributed by atoms with Crippen molar-refractivity contribution in [2.45, 2.75) is 64.5 Å². The van der Waals surface area contributed by atoms with Crippen LogP contribution in [0, 0.1) is 5.92 Å². The van der Waals surface area contributed by atoms with Crippen molar-refractivity contribution in [2.75, 3.05) is 115 Å². The van der Waals surface area contributed by atoms with Gasteiger partial charge in [-0.2, -0.15) is 0 Å². The summed E-state index contributed by atoms with van der Waals surface area (Å²) in [6, 6.07) is 19.3. The van der Waals surface area contributed by atoms with Gasteiger partial charge in [-0.25, -0.2) is 24.9 Å². The number of likely N-dealkylation sites (N-methyl/N-ethyl adjacent to an activating group) is 1. The van der Waals surface area contributed by atoms with Gasteiger partial charge in [-0.15, -0.1) is 0 Å². The average molecular weight is 1060 g/mol. The molecule has 3 aromatic heterocycles. The summed E-state index contributed by atoms with van der Waals surface area (Å²) in [5.74, 6) is 1.50. The fraction of sp³-hybridized carbons (Fsp3) is 0.482. The molecule has 76 heavy (non-hydrogen) atoms. The zero-order valence-corrected chi connectivity index (χ0v) is 44.9. The molecule has 20 heteroatoms. The molecule has 2 atom stereocenters. The molecule has 0 spiro atoms. The number of carbonyl (C=O) groups excluding carboxylic acids is 4. The van der Waals surface area contributed by atoms with Crippen molar-refractivity contribution in [3.05, 3.63) is 125 Å². The van der Waals surface area contributed by atoms with E-state index in [1.54, 1.807) is 18.5 Å². The van der Waals surface area contributed by atoms with Crippen molar-refractivity contribution < 1.29 is 24.3 Å². The standard InChI is InChI=1S/C36H50N10O3.C20H23ClN4O2/c1-3-27-5-4-6-29(19-27)30-20-32(43-33(47)23-39-22-31-7-10-38-26-42-31)35(41-21-30)36(49)46-17-15-45(16-18-46)24-28-8-13-44(14-9-28)25-34(48)40-12-11-37-2;1-13-10-16(26)19-18(13)20(23-12-22-19)25-8-6-24(7-9-25)17(27)11-14-2-4-15(21)5-3-14/h4-7,10,19-21,26,28,37,39H,3,8-9,11-18,22-25H2,1-2H3,(H,40,48)(H,43,47);2-5,12-13,16,26H,6-11H2,1H3/t;13-,16?/m.1/s1. The number of rotatable bonds is 18. The van der Waals surface area contributed by atoms with Crippen molar-refractivity contribution in [3.63, 3.8) is 0 Å². The van der Waals surface area contributed by atoms with Gasteiger partial charge < -0.3 is 41.1 Å². The number of aliphatic hydroxyl groups is 1. The lowest BCUT2D eigenvalue weighted by atomic mass is 9.96. The number of halogens is 1. The summed E-state index contributed by atoms with van der Waals surface area (Å²) in [7, 11) is 1.88. The number of nitrogens with zero attached hydrogens (tertiary/aromatic N) is 10. The van der Waals surface area contributed by atoms with Gasteiger partial charge in [0.2, 0.25) is 17.7 Å². The van der Waals surface area contributed by atoms with E-state index in [2.05, 4.69) is 86.9 Å². The lowest BCUT2D eigenvalue weighted by Gasteiger charge is -2.38. The molecule has 0 saturated carbocycles. The third-order valence-corrected chi connectivity index (χ3v) is 14.9. The van der Waals surface area contributed by atoms with Crippen LogP contribution in [-0.4, -0.2) is 178 Å². The van der Waals surface area contributed by atoms with Crippen molar-refractivity contribution in [1.29, 1.82) is 0 Å². The molecule has 3 aliphatic heterocycles. The van der Waals surface area contributed by atoms with E-state index < -0.39 is 6.10 Å². The second-order valence-corrected chi connectivity index (χ2v) is 20.5. The van der Waals surface area contributed by atoms with Gasteiger partial charge >= 0.3 is 0 Å². The lowest BCUT2D eigenvalue weighted by molar-refractivity contribution is -0.130. The van der Waals surface area contributed by atoms with Gasteiger partial charge in [0.05, 0.1) is 42.7 Å². The number of fused-ring (bicyclic) bond motifs is 1. The number of aliphatic hydroxyl groups excluding tert-OH is 1. The number of piperidine rings is 1. The maximum absolute atomic E-state index is 13.9. The van der Waals surface area contributed by atoms with Gasteiger partial charge in [-0.05, 0) is 98.6 Å². The van der Waals surface area contributed by atoms with Crippen LogP contribution in [0.4, 0.5) is 11.5 Å². The Morgan fingerprint density at radius 3 is 2.26 bits per heavy atom. The van der Waals surface area contributed by atoms with E-state index in [1.807, 2.05) is 59.3 Å². The Morgan fingerprint density at radius 2 is 1.54 bits per heavy atom. The van der Waals surface area contributed by atoms with Gasteiger partial charge in [0.1, 0.15) is 18.5 Å². The number of nitrogens with one attached hydrogen (secondary N) is 4. The van der Waals surface area contributed by atoms with Crippen LogP contribution in [0.2, 0.25) is 5.02 Å². The first-order chi connectivity index (χ1) is 36.9. The minimum Gasteiger partial charge on any atom is -0.387 e. The molecule has 1 unspecified atom stereocenters. The van der Waals surface area contributed by atoms with E-state index in [4.69, 9.17) is 11.6 Å². The fourth-order valence-electron chi connectivity index (χ4n) is 10.4. The largest absolute Gasteiger partial charge is 0.387 e. The number of hydrogen-bond donors (Lipinski definition) is 5. The van der Waals surface area contributed by atoms with Crippen LogP contribution in [0.5, 0.6) is 0 Å². The van der Waals surface area contributed by atoms with E-state index >= 15 is 0 Å². The molecule has 2 aromatic carbocycles. The summed E-state index contributed by atoms with van der Waals surface area (Å²) in [6.07, 6.45) is 10.0. The van der Waals surface area contributed by atoms with Gasteiger partial charge in [-0.3, -0.25) is 29.0 Å². The fourth-order valence-corrected chi connectivity index (χ4v) is 10.5. The Kier molecular flexibility index (Phi) is 20.2. The summed E-state index contributed by atoms with van der Waals surface area (Å²) in [5.41, 5.74) is 7.24. The summed E-state index contributed by atoms with van der Waals surface area (Å²) in [6.45, 7) is 15.0. The van der Waals surface area contributed by atoms with Crippen LogP contribution in [0.15, 0.2) is 85.7 Å². The predicted molar refractivity (Wildman–Crippen MR) is 294 cm³/mol. The van der Waals surface area contributed by atoms with Crippen LogP contribution in [0.1, 0.15) is 83.7 Å². The zero-order chi connectivity index (χ0) is 53.4. The van der Waals surface area contributed by atoms with Gasteiger partial charge in [0.25, 0.3) is 5.91 Å². The van der Waals surface area contributed by atoms with Crippen LogP contribution in [0.3, 0.4) is 0 Å². The number of carbonyl (C=O) groups is 4. The van der Waals surface area contributed by atoms with E-state index in [9.17, 15) is 24.3 Å². The topological polar surface area (TPSA) is 217 Å². The van der Waals surface area contributed by atoms with Crippen LogP contribution >= 0.6 is 11.6 Å². The zero-order valence-electron chi connectivity index (χ0n) is 44.1. The van der Waals surface area contributed by atoms with Crippen molar-refractivity contribution in [3.8, 4) is 11.1 Å². The smallest absolute Gasteiger partial charge is 0.274 e. The second kappa shape index (κ2) is 27.5. The highest BCUT2D eigenvalue weighted by molar-refractivity contribution is 6.30. The molecule has 6 heterocycles. The molecular weight excluding hydrogens is 984 g/mol. The number of hydrogen-bond acceptors (Lipinski definition) is 15. The molecule has 19 nitrogen and oxygen atoms in total. The Balaban J connectivity index is 0.000000237. The number of likely N-dealkylation sites (tertiary alicyclic amines) is 1. The maximum atomic E-state index is 13.9. The highest BCUT2D eigenvalue weighted by Crippen LogP contribution is 2.43. The number of aryl methyl sites for hydroxylation is 1. The first-order valence-corrected chi connectivity index (χ1v) is 27.1. The molecule has 3 fully saturated rings. The molecular formula is C56H73ClN14O5. The minimum atomic E-state index is -0.501. The molecule has 4 aliphatic rings. The molecule has 4 amide bonds. The van der Waals surface area contributed by atoms with E-state index in [0.717, 1.165) is 111 Å². The van der Waals surface area contributed by atoms with Crippen LogP contribution in [0.25, 0.3) is 11.1 Å². The monoisotopic (exact) mass is 1060 g/mol. The van der Waals surface area contributed by atoms with Crippen LogP contribution in [-0.2, 0) is 33.8 Å². The average Bonchev–Trinajstić information content (AvgIpc) is 3.76. The van der Waals surface area contributed by atoms with Crippen molar-refractivity contribution in [2.24, 2.45) is 5.92 Å². The molecule has 9 rings (SSSR count). The highest BCUT2D eigenvalue weighted by Gasteiger charge is 2.34. The quantitative estimate of drug-likeness (QED) is 0.0778. The number of pyridine rings is 1.